The van der Waals surface area contributed by atoms with Crippen molar-refractivity contribution in [1.29, 1.82) is 0 Å². The standard InChI is InChI=1S/C21H22N4O2/c1-4-24-14(2)20(26)25(21(24)27)18(15-10-6-5-7-11-15)19-22-16-12-8-9-13-17(16)23(19)3/h5-14,18H,4H2,1-3H3. The van der Waals surface area contributed by atoms with Gasteiger partial charge in [0.1, 0.15) is 17.9 Å². The van der Waals surface area contributed by atoms with Crippen molar-refractivity contribution in [2.75, 3.05) is 6.54 Å². The molecule has 2 atom stereocenters. The number of imidazole rings is 1. The minimum absolute atomic E-state index is 0.192. The molecule has 4 rings (SSSR count). The third kappa shape index (κ3) is 2.60. The monoisotopic (exact) mass is 362 g/mol. The first-order chi connectivity index (χ1) is 13.0. The van der Waals surface area contributed by atoms with Crippen molar-refractivity contribution in [1.82, 2.24) is 19.4 Å². The Morgan fingerprint density at radius 2 is 1.70 bits per heavy atom. The molecule has 3 aromatic rings. The molecule has 6 heteroatoms. The van der Waals surface area contributed by atoms with Gasteiger partial charge in [0.05, 0.1) is 11.0 Å². The van der Waals surface area contributed by atoms with Gasteiger partial charge in [0.25, 0.3) is 5.91 Å². The van der Waals surface area contributed by atoms with Crippen LogP contribution >= 0.6 is 0 Å². The van der Waals surface area contributed by atoms with Crippen molar-refractivity contribution in [2.45, 2.75) is 25.9 Å². The second-order valence-electron chi connectivity index (χ2n) is 6.78. The van der Waals surface area contributed by atoms with Crippen LogP contribution in [0.2, 0.25) is 0 Å². The van der Waals surface area contributed by atoms with E-state index in [1.54, 1.807) is 11.8 Å². The van der Waals surface area contributed by atoms with Crippen LogP contribution in [0.4, 0.5) is 4.79 Å². The lowest BCUT2D eigenvalue weighted by Crippen LogP contribution is -2.38. The summed E-state index contributed by atoms with van der Waals surface area (Å²) >= 11 is 0. The van der Waals surface area contributed by atoms with Crippen molar-refractivity contribution in [3.05, 3.63) is 66.0 Å². The Morgan fingerprint density at radius 3 is 2.33 bits per heavy atom. The van der Waals surface area contributed by atoms with Gasteiger partial charge in [-0.3, -0.25) is 4.79 Å². The molecule has 0 aliphatic carbocycles. The summed E-state index contributed by atoms with van der Waals surface area (Å²) in [6.45, 7) is 4.16. The van der Waals surface area contributed by atoms with E-state index in [-0.39, 0.29) is 11.9 Å². The van der Waals surface area contributed by atoms with E-state index in [0.717, 1.165) is 16.6 Å². The number of urea groups is 1. The molecule has 138 valence electrons. The third-order valence-electron chi connectivity index (χ3n) is 5.29. The second-order valence-corrected chi connectivity index (χ2v) is 6.78. The maximum Gasteiger partial charge on any atom is 0.328 e. The highest BCUT2D eigenvalue weighted by Gasteiger charge is 2.47. The topological polar surface area (TPSA) is 58.4 Å². The Labute approximate surface area is 158 Å². The Hall–Kier alpha value is -3.15. The van der Waals surface area contributed by atoms with Crippen LogP contribution in [0.5, 0.6) is 0 Å². The van der Waals surface area contributed by atoms with Crippen molar-refractivity contribution < 1.29 is 9.59 Å². The highest BCUT2D eigenvalue weighted by molar-refractivity contribution is 6.04. The van der Waals surface area contributed by atoms with Gasteiger partial charge in [-0.25, -0.2) is 14.7 Å². The third-order valence-corrected chi connectivity index (χ3v) is 5.29. The maximum absolute atomic E-state index is 13.1. The highest BCUT2D eigenvalue weighted by Crippen LogP contribution is 2.34. The van der Waals surface area contributed by atoms with Gasteiger partial charge in [-0.1, -0.05) is 42.5 Å². The number of imide groups is 1. The number of hydrogen-bond acceptors (Lipinski definition) is 3. The van der Waals surface area contributed by atoms with Gasteiger partial charge in [0.15, 0.2) is 0 Å². The smallest absolute Gasteiger partial charge is 0.328 e. The summed E-state index contributed by atoms with van der Waals surface area (Å²) < 4.78 is 1.97. The Morgan fingerprint density at radius 1 is 1.04 bits per heavy atom. The van der Waals surface area contributed by atoms with E-state index in [1.165, 1.54) is 4.90 Å². The van der Waals surface area contributed by atoms with E-state index in [4.69, 9.17) is 4.98 Å². The zero-order chi connectivity index (χ0) is 19.1. The van der Waals surface area contributed by atoms with Crippen LogP contribution in [0.1, 0.15) is 31.3 Å². The van der Waals surface area contributed by atoms with E-state index in [0.29, 0.717) is 12.4 Å². The number of hydrogen-bond donors (Lipinski definition) is 0. The molecule has 1 aliphatic rings. The lowest BCUT2D eigenvalue weighted by atomic mass is 10.0. The molecule has 2 aromatic carbocycles. The minimum Gasteiger partial charge on any atom is -0.329 e. The number of benzene rings is 2. The Balaban J connectivity index is 1.92. The fourth-order valence-electron chi connectivity index (χ4n) is 3.84. The van der Waals surface area contributed by atoms with Gasteiger partial charge < -0.3 is 9.47 Å². The number of aryl methyl sites for hydroxylation is 1. The Kier molecular flexibility index (Phi) is 4.18. The van der Waals surface area contributed by atoms with Crippen molar-refractivity contribution in [3.8, 4) is 0 Å². The van der Waals surface area contributed by atoms with Crippen molar-refractivity contribution in [2.24, 2.45) is 7.05 Å². The number of amides is 3. The van der Waals surface area contributed by atoms with Crippen LogP contribution in [-0.2, 0) is 11.8 Å². The molecule has 0 saturated carbocycles. The molecule has 2 heterocycles. The molecule has 0 bridgehead atoms. The van der Waals surface area contributed by atoms with Gasteiger partial charge in [0, 0.05) is 13.6 Å². The normalized spacial score (nSPS) is 18.6. The van der Waals surface area contributed by atoms with Gasteiger partial charge in [-0.05, 0) is 31.5 Å². The molecule has 1 saturated heterocycles. The summed E-state index contributed by atoms with van der Waals surface area (Å²) in [5.74, 6) is 0.483. The average molecular weight is 362 g/mol. The molecule has 0 spiro atoms. The summed E-state index contributed by atoms with van der Waals surface area (Å²) in [4.78, 5) is 33.8. The van der Waals surface area contributed by atoms with Gasteiger partial charge in [-0.2, -0.15) is 0 Å². The quantitative estimate of drug-likeness (QED) is 0.669. The molecule has 3 amide bonds. The van der Waals surface area contributed by atoms with Crippen LogP contribution in [0.25, 0.3) is 11.0 Å². The largest absolute Gasteiger partial charge is 0.329 e. The minimum atomic E-state index is -0.567. The first kappa shape index (κ1) is 17.3. The predicted octanol–water partition coefficient (Wildman–Crippen LogP) is 3.34. The van der Waals surface area contributed by atoms with Crippen LogP contribution in [0, 0.1) is 0 Å². The number of carbonyl (C=O) groups is 2. The molecule has 1 aromatic heterocycles. The average Bonchev–Trinajstić information content (AvgIpc) is 3.12. The van der Waals surface area contributed by atoms with Crippen molar-refractivity contribution >= 4 is 23.0 Å². The fourth-order valence-corrected chi connectivity index (χ4v) is 3.84. The fraction of sp³-hybridized carbons (Fsp3) is 0.286. The summed E-state index contributed by atoms with van der Waals surface area (Å²) in [6, 6.07) is 16.1. The molecule has 0 radical (unpaired) electrons. The van der Waals surface area contributed by atoms with Gasteiger partial charge in [0.2, 0.25) is 0 Å². The lowest BCUT2D eigenvalue weighted by molar-refractivity contribution is -0.129. The summed E-state index contributed by atoms with van der Waals surface area (Å²) in [6.07, 6.45) is 0. The second kappa shape index (κ2) is 6.54. The van der Waals surface area contributed by atoms with Crippen LogP contribution in [0.3, 0.4) is 0 Å². The summed E-state index contributed by atoms with van der Waals surface area (Å²) in [5.41, 5.74) is 2.67. The highest BCUT2D eigenvalue weighted by atomic mass is 16.2. The molecule has 27 heavy (non-hydrogen) atoms. The van der Waals surface area contributed by atoms with Gasteiger partial charge in [-0.15, -0.1) is 0 Å². The molecular weight excluding hydrogens is 340 g/mol. The SMILES string of the molecule is CCN1C(=O)N(C(c2ccccc2)c2nc3ccccc3n2C)C(=O)C1C. The van der Waals surface area contributed by atoms with Crippen LogP contribution < -0.4 is 0 Å². The number of rotatable bonds is 4. The van der Waals surface area contributed by atoms with E-state index >= 15 is 0 Å². The maximum atomic E-state index is 13.1. The van der Waals surface area contributed by atoms with E-state index in [1.807, 2.05) is 73.1 Å². The predicted molar refractivity (Wildman–Crippen MR) is 103 cm³/mol. The first-order valence-corrected chi connectivity index (χ1v) is 9.14. The van der Waals surface area contributed by atoms with E-state index in [9.17, 15) is 9.59 Å². The number of fused-ring (bicyclic) bond motifs is 1. The molecule has 0 N–H and O–H groups in total. The number of aromatic nitrogens is 2. The summed E-state index contributed by atoms with van der Waals surface area (Å²) in [5, 5.41) is 0. The molecule has 6 nitrogen and oxygen atoms in total. The first-order valence-electron chi connectivity index (χ1n) is 9.14. The molecule has 1 aliphatic heterocycles. The number of para-hydroxylation sites is 2. The van der Waals surface area contributed by atoms with Crippen molar-refractivity contribution in [3.63, 3.8) is 0 Å². The van der Waals surface area contributed by atoms with Gasteiger partial charge >= 0.3 is 6.03 Å². The lowest BCUT2D eigenvalue weighted by Gasteiger charge is -2.26. The van der Waals surface area contributed by atoms with E-state index < -0.39 is 12.1 Å². The van der Waals surface area contributed by atoms with E-state index in [2.05, 4.69) is 0 Å². The van der Waals surface area contributed by atoms with Crippen LogP contribution in [-0.4, -0.2) is 43.9 Å². The Bertz CT molecular complexity index is 1010. The number of nitrogens with zero attached hydrogens (tertiary/aromatic N) is 4. The summed E-state index contributed by atoms with van der Waals surface area (Å²) in [7, 11) is 1.92. The number of carbonyl (C=O) groups excluding carboxylic acids is 2. The number of likely N-dealkylation sites (N-methyl/N-ethyl adjacent to an activating group) is 1. The molecule has 2 unspecified atom stereocenters. The van der Waals surface area contributed by atoms with Crippen LogP contribution in [0.15, 0.2) is 54.6 Å². The molecular formula is C21H22N4O2. The zero-order valence-electron chi connectivity index (χ0n) is 15.7. The zero-order valence-corrected chi connectivity index (χ0v) is 15.7. The molecule has 1 fully saturated rings.